The lowest BCUT2D eigenvalue weighted by atomic mass is 9.43. The lowest BCUT2D eigenvalue weighted by Crippen LogP contribution is -2.61. The van der Waals surface area contributed by atoms with Gasteiger partial charge in [0, 0.05) is 7.11 Å². The molecule has 140 valence electrons. The molecule has 0 spiro atoms. The average molecular weight is 347 g/mol. The highest BCUT2D eigenvalue weighted by molar-refractivity contribution is 5.15. The molecule has 4 aliphatic rings. The fourth-order valence-electron chi connectivity index (χ4n) is 7.83. The molecule has 0 aromatic carbocycles. The minimum atomic E-state index is -0.375. The zero-order valence-electron chi connectivity index (χ0n) is 15.8. The first-order chi connectivity index (χ1) is 11.8. The van der Waals surface area contributed by atoms with E-state index < -0.39 is 0 Å². The average Bonchev–Trinajstić information content (AvgIpc) is 2.90. The predicted octanol–water partition coefficient (Wildman–Crippen LogP) is 3.13. The Bertz CT molecular complexity index is 574. The van der Waals surface area contributed by atoms with E-state index in [4.69, 9.17) is 4.74 Å². The molecule has 4 heteroatoms. The summed E-state index contributed by atoms with van der Waals surface area (Å²) in [6.07, 6.45) is 6.00. The maximum absolute atomic E-state index is 11.2. The van der Waals surface area contributed by atoms with E-state index in [0.717, 1.165) is 44.9 Å². The van der Waals surface area contributed by atoms with Crippen LogP contribution in [0.3, 0.4) is 0 Å². The summed E-state index contributed by atoms with van der Waals surface area (Å²) in [5, 5.41) is 31.3. The Balaban J connectivity index is 1.68. The molecular weight excluding hydrogens is 314 g/mol. The first-order valence-corrected chi connectivity index (χ1v) is 10.1. The van der Waals surface area contributed by atoms with Crippen molar-refractivity contribution in [3.8, 4) is 6.07 Å². The molecule has 0 unspecified atom stereocenters. The molecule has 0 aromatic heterocycles. The molecule has 4 saturated carbocycles. The van der Waals surface area contributed by atoms with Gasteiger partial charge in [-0.3, -0.25) is 0 Å². The number of fused-ring (bicyclic) bond motifs is 5. The van der Waals surface area contributed by atoms with E-state index in [2.05, 4.69) is 19.9 Å². The summed E-state index contributed by atoms with van der Waals surface area (Å²) in [6.45, 7) is 4.60. The Morgan fingerprint density at radius 1 is 1.00 bits per heavy atom. The molecule has 4 aliphatic carbocycles. The molecule has 10 atom stereocenters. The second-order valence-electron chi connectivity index (χ2n) is 9.89. The molecule has 4 fully saturated rings. The molecule has 25 heavy (non-hydrogen) atoms. The van der Waals surface area contributed by atoms with E-state index in [1.165, 1.54) is 0 Å². The van der Waals surface area contributed by atoms with E-state index in [9.17, 15) is 15.5 Å². The van der Waals surface area contributed by atoms with Gasteiger partial charge in [0.2, 0.25) is 0 Å². The van der Waals surface area contributed by atoms with Crippen molar-refractivity contribution in [2.75, 3.05) is 7.11 Å². The normalized spacial score (nSPS) is 57.9. The zero-order valence-corrected chi connectivity index (χ0v) is 15.8. The van der Waals surface area contributed by atoms with Crippen LogP contribution in [0.5, 0.6) is 0 Å². The predicted molar refractivity (Wildman–Crippen MR) is 94.4 cm³/mol. The zero-order chi connectivity index (χ0) is 18.0. The summed E-state index contributed by atoms with van der Waals surface area (Å²) in [4.78, 5) is 0. The smallest absolute Gasteiger partial charge is 0.0835 e. The molecule has 0 aromatic rings. The van der Waals surface area contributed by atoms with Crippen LogP contribution in [0.4, 0.5) is 0 Å². The highest BCUT2D eigenvalue weighted by atomic mass is 16.5. The van der Waals surface area contributed by atoms with Crippen molar-refractivity contribution in [3.05, 3.63) is 0 Å². The summed E-state index contributed by atoms with van der Waals surface area (Å²) < 4.78 is 5.60. The van der Waals surface area contributed by atoms with Crippen LogP contribution in [0.1, 0.15) is 58.8 Å². The highest BCUT2D eigenvalue weighted by Crippen LogP contribution is 2.67. The van der Waals surface area contributed by atoms with Gasteiger partial charge < -0.3 is 14.9 Å². The fourth-order valence-corrected chi connectivity index (χ4v) is 7.83. The van der Waals surface area contributed by atoms with Crippen molar-refractivity contribution < 1.29 is 14.9 Å². The first-order valence-electron chi connectivity index (χ1n) is 10.1. The van der Waals surface area contributed by atoms with Crippen molar-refractivity contribution >= 4 is 0 Å². The Morgan fingerprint density at radius 3 is 2.44 bits per heavy atom. The third-order valence-electron chi connectivity index (χ3n) is 9.05. The van der Waals surface area contributed by atoms with Gasteiger partial charge in [-0.25, -0.2) is 0 Å². The van der Waals surface area contributed by atoms with Gasteiger partial charge in [0.1, 0.15) is 0 Å². The molecule has 0 saturated heterocycles. The second kappa shape index (κ2) is 5.94. The molecule has 0 amide bonds. The molecule has 0 radical (unpaired) electrons. The van der Waals surface area contributed by atoms with E-state index in [1.807, 2.05) is 0 Å². The lowest BCUT2D eigenvalue weighted by Gasteiger charge is -2.62. The Hall–Kier alpha value is -0.630. The van der Waals surface area contributed by atoms with Crippen molar-refractivity contribution in [1.29, 1.82) is 5.26 Å². The lowest BCUT2D eigenvalue weighted by molar-refractivity contribution is -0.198. The first kappa shape index (κ1) is 17.8. The minimum absolute atomic E-state index is 0.0205. The summed E-state index contributed by atoms with van der Waals surface area (Å²) in [5.74, 6) is 1.94. The third-order valence-corrected chi connectivity index (χ3v) is 9.05. The van der Waals surface area contributed by atoms with Gasteiger partial charge in [-0.15, -0.1) is 0 Å². The largest absolute Gasteiger partial charge is 0.393 e. The van der Waals surface area contributed by atoms with Crippen LogP contribution in [0.25, 0.3) is 0 Å². The number of hydrogen-bond acceptors (Lipinski definition) is 4. The van der Waals surface area contributed by atoms with Crippen LogP contribution < -0.4 is 0 Å². The summed E-state index contributed by atoms with van der Waals surface area (Å²) in [7, 11) is 1.70. The van der Waals surface area contributed by atoms with Crippen LogP contribution in [-0.2, 0) is 4.74 Å². The van der Waals surface area contributed by atoms with Crippen molar-refractivity contribution in [2.24, 2.45) is 40.4 Å². The number of nitrogens with zero attached hydrogens (tertiary/aromatic N) is 1. The summed E-state index contributed by atoms with van der Waals surface area (Å²) >= 11 is 0. The number of ether oxygens (including phenoxy) is 1. The number of methoxy groups -OCH3 is 1. The molecule has 0 bridgehead atoms. The van der Waals surface area contributed by atoms with Gasteiger partial charge >= 0.3 is 0 Å². The van der Waals surface area contributed by atoms with E-state index in [0.29, 0.717) is 17.8 Å². The van der Waals surface area contributed by atoms with Crippen LogP contribution in [-0.4, -0.2) is 35.6 Å². The number of nitriles is 1. The van der Waals surface area contributed by atoms with Gasteiger partial charge in [-0.2, -0.15) is 5.26 Å². The number of aliphatic hydroxyl groups is 2. The summed E-state index contributed by atoms with van der Waals surface area (Å²) in [5.41, 5.74) is 0.0155. The van der Waals surface area contributed by atoms with Crippen LogP contribution >= 0.6 is 0 Å². The molecule has 4 nitrogen and oxygen atoms in total. The molecule has 2 N–H and O–H groups in total. The monoisotopic (exact) mass is 347 g/mol. The third kappa shape index (κ3) is 2.35. The SMILES string of the molecule is CO[C@H]1C[C@@]2(C)[C@@H](CC[C@@H]3[C@@H]2[C@@H](O)C[C@]2(C)[C@@H](C#N)CC[C@@H]32)C[C@@H]1O. The minimum Gasteiger partial charge on any atom is -0.393 e. The van der Waals surface area contributed by atoms with E-state index >= 15 is 0 Å². The molecule has 0 aliphatic heterocycles. The number of rotatable bonds is 1. The quantitative estimate of drug-likeness (QED) is 0.764. The van der Waals surface area contributed by atoms with Gasteiger partial charge in [-0.1, -0.05) is 13.8 Å². The number of hydrogen-bond donors (Lipinski definition) is 2. The Labute approximate surface area is 151 Å². The van der Waals surface area contributed by atoms with Gasteiger partial charge in [0.25, 0.3) is 0 Å². The molecular formula is C21H33NO3. The van der Waals surface area contributed by atoms with Crippen molar-refractivity contribution in [3.63, 3.8) is 0 Å². The van der Waals surface area contributed by atoms with Crippen LogP contribution in [0.15, 0.2) is 0 Å². The Kier molecular flexibility index (Phi) is 4.22. The van der Waals surface area contributed by atoms with E-state index in [-0.39, 0.29) is 41.0 Å². The topological polar surface area (TPSA) is 73.5 Å². The van der Waals surface area contributed by atoms with E-state index in [1.54, 1.807) is 7.11 Å². The highest BCUT2D eigenvalue weighted by Gasteiger charge is 2.64. The maximum Gasteiger partial charge on any atom is 0.0835 e. The standard InChI is InChI=1S/C21H33NO3/c1-20-9-17(24)19-14(15(20)7-5-13(20)11-22)6-4-12-8-16(23)18(25-3)10-21(12,19)2/h12-19,23-24H,4-10H2,1-3H3/t12-,13+,14-,15-,16-,17-,18-,19+,20+,21-/m0/s1. The van der Waals surface area contributed by atoms with Crippen LogP contribution in [0, 0.1) is 51.8 Å². The number of aliphatic hydroxyl groups excluding tert-OH is 2. The fraction of sp³-hybridized carbons (Fsp3) is 0.952. The Morgan fingerprint density at radius 2 is 1.76 bits per heavy atom. The van der Waals surface area contributed by atoms with Crippen LogP contribution in [0.2, 0.25) is 0 Å². The summed E-state index contributed by atoms with van der Waals surface area (Å²) in [6, 6.07) is 2.54. The van der Waals surface area contributed by atoms with Gasteiger partial charge in [-0.05, 0) is 79.4 Å². The van der Waals surface area contributed by atoms with Crippen molar-refractivity contribution in [2.45, 2.75) is 77.1 Å². The molecule has 4 rings (SSSR count). The second-order valence-corrected chi connectivity index (χ2v) is 9.89. The van der Waals surface area contributed by atoms with Gasteiger partial charge in [0.05, 0.1) is 30.3 Å². The van der Waals surface area contributed by atoms with Crippen molar-refractivity contribution in [1.82, 2.24) is 0 Å². The van der Waals surface area contributed by atoms with Gasteiger partial charge in [0.15, 0.2) is 0 Å². The maximum atomic E-state index is 11.2. The molecule has 0 heterocycles.